The zero-order chi connectivity index (χ0) is 28.6. The monoisotopic (exact) mass is 563 g/mol. The number of benzene rings is 3. The zero-order valence-corrected chi connectivity index (χ0v) is 24.7. The van der Waals surface area contributed by atoms with Gasteiger partial charge in [-0.05, 0) is 55.3 Å². The lowest BCUT2D eigenvalue weighted by Crippen LogP contribution is -2.48. The van der Waals surface area contributed by atoms with Crippen molar-refractivity contribution in [1.82, 2.24) is 19.7 Å². The standard InChI is InChI=1S/C33H34N5O2P/c1-23(2)40-27-14-15-29-28(21-27)32(24-16-17-34-30(20-24)37-19-18-36(3)31(39)22-37)35-38(29)33(41,25-10-6-4-7-11-25)26-12-8-5-9-13-26/h4-17,20-21,23H,18-19,22,41H2,1-3H3. The van der Waals surface area contributed by atoms with Gasteiger partial charge in [-0.1, -0.05) is 69.9 Å². The molecular formula is C33H34N5O2P. The number of likely N-dealkylation sites (N-methyl/N-ethyl adjacent to an activating group) is 1. The Balaban J connectivity index is 1.56. The molecule has 1 aliphatic rings. The first-order chi connectivity index (χ1) is 19.8. The summed E-state index contributed by atoms with van der Waals surface area (Å²) in [6, 6.07) is 31.1. The molecule has 3 aromatic carbocycles. The van der Waals surface area contributed by atoms with Crippen molar-refractivity contribution in [1.29, 1.82) is 0 Å². The van der Waals surface area contributed by atoms with E-state index in [-0.39, 0.29) is 12.0 Å². The molecule has 41 heavy (non-hydrogen) atoms. The first kappa shape index (κ1) is 27.0. The Bertz CT molecular complexity index is 1650. The molecule has 1 fully saturated rings. The fourth-order valence-electron chi connectivity index (χ4n) is 5.41. The van der Waals surface area contributed by atoms with Crippen LogP contribution in [0, 0.1) is 0 Å². The number of nitrogens with zero attached hydrogens (tertiary/aromatic N) is 5. The molecule has 208 valence electrons. The molecule has 0 saturated carbocycles. The smallest absolute Gasteiger partial charge is 0.241 e. The van der Waals surface area contributed by atoms with Crippen molar-refractivity contribution in [2.24, 2.45) is 0 Å². The maximum Gasteiger partial charge on any atom is 0.241 e. The molecule has 8 heteroatoms. The first-order valence-electron chi connectivity index (χ1n) is 13.9. The summed E-state index contributed by atoms with van der Waals surface area (Å²) in [6.45, 7) is 5.77. The number of amides is 1. The zero-order valence-electron chi connectivity index (χ0n) is 23.6. The number of anilines is 1. The molecule has 0 bridgehead atoms. The van der Waals surface area contributed by atoms with Gasteiger partial charge < -0.3 is 14.5 Å². The fourth-order valence-corrected chi connectivity index (χ4v) is 5.99. The topological polar surface area (TPSA) is 63.5 Å². The normalized spacial score (nSPS) is 14.2. The van der Waals surface area contributed by atoms with Crippen LogP contribution in [-0.2, 0) is 10.1 Å². The van der Waals surface area contributed by atoms with Crippen molar-refractivity contribution >= 4 is 31.9 Å². The van der Waals surface area contributed by atoms with E-state index in [1.165, 1.54) is 0 Å². The summed E-state index contributed by atoms with van der Waals surface area (Å²) in [5, 5.41) is 5.65. The molecule has 5 aromatic rings. The number of hydrogen-bond acceptors (Lipinski definition) is 5. The maximum absolute atomic E-state index is 12.4. The highest BCUT2D eigenvalue weighted by Gasteiger charge is 2.35. The summed E-state index contributed by atoms with van der Waals surface area (Å²) in [6.07, 6.45) is 1.84. The van der Waals surface area contributed by atoms with Crippen LogP contribution >= 0.6 is 9.24 Å². The third-order valence-electron chi connectivity index (χ3n) is 7.59. The van der Waals surface area contributed by atoms with Gasteiger partial charge in [0, 0.05) is 37.3 Å². The number of carbonyl (C=O) groups is 1. The third-order valence-corrected chi connectivity index (χ3v) is 8.50. The Morgan fingerprint density at radius 3 is 2.22 bits per heavy atom. The van der Waals surface area contributed by atoms with Gasteiger partial charge >= 0.3 is 0 Å². The number of carbonyl (C=O) groups excluding carboxylic acids is 1. The number of ether oxygens (including phenoxy) is 1. The molecular weight excluding hydrogens is 529 g/mol. The molecule has 0 aliphatic carbocycles. The number of pyridine rings is 1. The molecule has 1 atom stereocenters. The van der Waals surface area contributed by atoms with Crippen LogP contribution in [0.2, 0.25) is 0 Å². The summed E-state index contributed by atoms with van der Waals surface area (Å²) in [4.78, 5) is 20.9. The Labute approximate surface area is 243 Å². The van der Waals surface area contributed by atoms with Crippen LogP contribution in [0.3, 0.4) is 0 Å². The minimum Gasteiger partial charge on any atom is -0.491 e. The Morgan fingerprint density at radius 1 is 0.902 bits per heavy atom. The number of hydrogen-bond donors (Lipinski definition) is 0. The van der Waals surface area contributed by atoms with Crippen molar-refractivity contribution in [2.45, 2.75) is 25.2 Å². The van der Waals surface area contributed by atoms with Gasteiger partial charge in [0.2, 0.25) is 5.91 Å². The van der Waals surface area contributed by atoms with E-state index in [4.69, 9.17) is 9.84 Å². The van der Waals surface area contributed by atoms with Gasteiger partial charge in [0.05, 0.1) is 18.2 Å². The minimum atomic E-state index is -0.667. The summed E-state index contributed by atoms with van der Waals surface area (Å²) in [5.74, 6) is 1.65. The Morgan fingerprint density at radius 2 is 1.59 bits per heavy atom. The summed E-state index contributed by atoms with van der Waals surface area (Å²) < 4.78 is 8.22. The molecule has 0 radical (unpaired) electrons. The van der Waals surface area contributed by atoms with Crippen LogP contribution in [0.5, 0.6) is 5.75 Å². The lowest BCUT2D eigenvalue weighted by atomic mass is 9.97. The van der Waals surface area contributed by atoms with Crippen molar-refractivity contribution in [2.75, 3.05) is 31.6 Å². The quantitative estimate of drug-likeness (QED) is 0.235. The highest BCUT2D eigenvalue weighted by atomic mass is 31.0. The van der Waals surface area contributed by atoms with Crippen molar-refractivity contribution in [3.63, 3.8) is 0 Å². The summed E-state index contributed by atoms with van der Waals surface area (Å²) >= 11 is 0. The van der Waals surface area contributed by atoms with Crippen LogP contribution in [0.4, 0.5) is 5.82 Å². The van der Waals surface area contributed by atoms with E-state index < -0.39 is 5.28 Å². The second kappa shape index (κ2) is 11.0. The Kier molecular flexibility index (Phi) is 7.22. The Hall–Kier alpha value is -4.22. The van der Waals surface area contributed by atoms with Crippen LogP contribution in [0.25, 0.3) is 22.2 Å². The number of fused-ring (bicyclic) bond motifs is 1. The molecule has 0 spiro atoms. The van der Waals surface area contributed by atoms with Gasteiger partial charge in [0.1, 0.15) is 22.5 Å². The van der Waals surface area contributed by atoms with Gasteiger partial charge in [-0.15, -0.1) is 0 Å². The maximum atomic E-state index is 12.4. The second-order valence-electron chi connectivity index (χ2n) is 10.7. The van der Waals surface area contributed by atoms with Crippen LogP contribution in [-0.4, -0.2) is 58.4 Å². The largest absolute Gasteiger partial charge is 0.491 e. The van der Waals surface area contributed by atoms with Crippen LogP contribution in [0.15, 0.2) is 97.2 Å². The molecule has 1 unspecified atom stereocenters. The average Bonchev–Trinajstić information content (AvgIpc) is 3.38. The summed E-state index contributed by atoms with van der Waals surface area (Å²) in [5.41, 5.74) is 4.94. The molecule has 7 nitrogen and oxygen atoms in total. The lowest BCUT2D eigenvalue weighted by molar-refractivity contribution is -0.129. The second-order valence-corrected chi connectivity index (χ2v) is 11.6. The van der Waals surface area contributed by atoms with Crippen LogP contribution < -0.4 is 9.64 Å². The van der Waals surface area contributed by atoms with E-state index in [1.54, 1.807) is 11.1 Å². The molecule has 6 rings (SSSR count). The van der Waals surface area contributed by atoms with Gasteiger partial charge in [0.25, 0.3) is 0 Å². The van der Waals surface area contributed by atoms with Crippen molar-refractivity contribution in [3.8, 4) is 17.0 Å². The third kappa shape index (κ3) is 5.07. The molecule has 2 aromatic heterocycles. The molecule has 3 heterocycles. The van der Waals surface area contributed by atoms with Crippen molar-refractivity contribution < 1.29 is 9.53 Å². The van der Waals surface area contributed by atoms with E-state index in [0.717, 1.165) is 51.4 Å². The SMILES string of the molecule is CC(C)Oc1ccc2c(c1)c(-c1ccnc(N3CCN(C)C(=O)C3)c1)nn2C(P)(c1ccccc1)c1ccccc1. The van der Waals surface area contributed by atoms with Gasteiger partial charge in [0.15, 0.2) is 0 Å². The lowest BCUT2D eigenvalue weighted by Gasteiger charge is -2.32. The number of rotatable bonds is 7. The molecule has 0 N–H and O–H groups in total. The molecule has 1 saturated heterocycles. The molecule has 1 amide bonds. The number of aromatic nitrogens is 3. The van der Waals surface area contributed by atoms with Gasteiger partial charge in [-0.3, -0.25) is 4.79 Å². The van der Waals surface area contributed by atoms with E-state index in [0.29, 0.717) is 13.1 Å². The summed E-state index contributed by atoms with van der Waals surface area (Å²) in [7, 11) is 4.93. The van der Waals surface area contributed by atoms with Gasteiger partial charge in [-0.25, -0.2) is 9.67 Å². The van der Waals surface area contributed by atoms with E-state index in [1.807, 2.05) is 56.1 Å². The predicted molar refractivity (Wildman–Crippen MR) is 167 cm³/mol. The highest BCUT2D eigenvalue weighted by molar-refractivity contribution is 7.19. The van der Waals surface area contributed by atoms with Gasteiger partial charge in [-0.2, -0.15) is 5.10 Å². The number of piperazine rings is 1. The van der Waals surface area contributed by atoms with E-state index >= 15 is 0 Å². The fraction of sp³-hybridized carbons (Fsp3) is 0.242. The predicted octanol–water partition coefficient (Wildman–Crippen LogP) is 5.79. The molecule has 1 aliphatic heterocycles. The first-order valence-corrected chi connectivity index (χ1v) is 14.5. The minimum absolute atomic E-state index is 0.0442. The van der Waals surface area contributed by atoms with Crippen molar-refractivity contribution in [3.05, 3.63) is 108 Å². The van der Waals surface area contributed by atoms with Crippen LogP contribution in [0.1, 0.15) is 25.0 Å². The van der Waals surface area contributed by atoms with E-state index in [9.17, 15) is 4.79 Å². The average molecular weight is 564 g/mol. The highest BCUT2D eigenvalue weighted by Crippen LogP contribution is 2.44. The van der Waals surface area contributed by atoms with E-state index in [2.05, 4.69) is 79.6 Å².